The van der Waals surface area contributed by atoms with Gasteiger partial charge in [-0.15, -0.1) is 0 Å². The van der Waals surface area contributed by atoms with Gasteiger partial charge in [0.05, 0.1) is 4.55 Å². The van der Waals surface area contributed by atoms with Crippen LogP contribution < -0.4 is 21.7 Å². The van der Waals surface area contributed by atoms with E-state index in [1.54, 1.807) is 0 Å². The lowest BCUT2D eigenvalue weighted by atomic mass is 9.97. The van der Waals surface area contributed by atoms with Gasteiger partial charge in [0.1, 0.15) is 12.1 Å². The molecule has 3 amide bonds. The first-order valence-electron chi connectivity index (χ1n) is 12.0. The van der Waals surface area contributed by atoms with Gasteiger partial charge in [-0.25, -0.2) is 0 Å². The van der Waals surface area contributed by atoms with Gasteiger partial charge >= 0.3 is 0 Å². The number of nitrogens with two attached hydrogens (primary N) is 1. The molecule has 34 heavy (non-hydrogen) atoms. The first-order chi connectivity index (χ1) is 16.3. The number of unbranched alkanes of at least 4 members (excludes halogenated alkanes) is 1. The lowest BCUT2D eigenvalue weighted by molar-refractivity contribution is -0.133. The SMILES string of the molecule is CC[C@H](C)[C@H](NC(=O)[C@H](CCCCN)NC(=O)[C@H](C)Cc1c[nH]c2ccccc12)C(=O)NCI. The summed E-state index contributed by atoms with van der Waals surface area (Å²) in [5.41, 5.74) is 7.73. The number of nitrogens with one attached hydrogen (secondary N) is 4. The van der Waals surface area contributed by atoms with Gasteiger partial charge in [-0.05, 0) is 49.8 Å². The molecule has 0 aliphatic heterocycles. The van der Waals surface area contributed by atoms with Crippen LogP contribution in [0.15, 0.2) is 30.5 Å². The molecule has 0 saturated carbocycles. The molecule has 0 radical (unpaired) electrons. The number of fused-ring (bicyclic) bond motifs is 1. The molecule has 0 spiro atoms. The van der Waals surface area contributed by atoms with Crippen LogP contribution in [-0.4, -0.2) is 45.9 Å². The number of carbonyl (C=O) groups is 3. The third-order valence-electron chi connectivity index (χ3n) is 6.26. The minimum absolute atomic E-state index is 0.0342. The molecule has 4 atom stereocenters. The zero-order chi connectivity index (χ0) is 25.1. The second kappa shape index (κ2) is 14.3. The third-order valence-corrected chi connectivity index (χ3v) is 6.64. The number of alkyl halides is 1. The van der Waals surface area contributed by atoms with Gasteiger partial charge in [-0.2, -0.15) is 0 Å². The molecule has 0 fully saturated rings. The van der Waals surface area contributed by atoms with Crippen LogP contribution in [0.4, 0.5) is 0 Å². The third kappa shape index (κ3) is 7.97. The van der Waals surface area contributed by atoms with Crippen molar-refractivity contribution < 1.29 is 14.4 Å². The molecule has 0 bridgehead atoms. The largest absolute Gasteiger partial charge is 0.361 e. The number of amides is 3. The maximum Gasteiger partial charge on any atom is 0.243 e. The van der Waals surface area contributed by atoms with Crippen molar-refractivity contribution in [1.29, 1.82) is 0 Å². The lowest BCUT2D eigenvalue weighted by Crippen LogP contribution is -2.56. The molecular formula is C25H38IN5O3. The van der Waals surface area contributed by atoms with Crippen molar-refractivity contribution in [3.63, 3.8) is 0 Å². The molecule has 6 N–H and O–H groups in total. The van der Waals surface area contributed by atoms with E-state index in [2.05, 4.69) is 43.5 Å². The second-order valence-corrected chi connectivity index (χ2v) is 9.62. The average Bonchev–Trinajstić information content (AvgIpc) is 3.24. The first-order valence-corrected chi connectivity index (χ1v) is 13.5. The number of hydrogen-bond donors (Lipinski definition) is 5. The van der Waals surface area contributed by atoms with Gasteiger partial charge in [0.25, 0.3) is 0 Å². The summed E-state index contributed by atoms with van der Waals surface area (Å²) >= 11 is 2.06. The Kier molecular flexibility index (Phi) is 11.8. The van der Waals surface area contributed by atoms with Crippen molar-refractivity contribution in [1.82, 2.24) is 20.9 Å². The summed E-state index contributed by atoms with van der Waals surface area (Å²) in [4.78, 5) is 42.0. The zero-order valence-electron chi connectivity index (χ0n) is 20.3. The summed E-state index contributed by atoms with van der Waals surface area (Å²) < 4.78 is 0.460. The summed E-state index contributed by atoms with van der Waals surface area (Å²) in [6.07, 6.45) is 5.17. The highest BCUT2D eigenvalue weighted by Crippen LogP contribution is 2.21. The Labute approximate surface area is 215 Å². The van der Waals surface area contributed by atoms with Crippen molar-refractivity contribution in [2.45, 2.75) is 65.0 Å². The Morgan fingerprint density at radius 1 is 1.06 bits per heavy atom. The van der Waals surface area contributed by atoms with Crippen molar-refractivity contribution >= 4 is 51.2 Å². The monoisotopic (exact) mass is 583 g/mol. The maximum atomic E-state index is 13.2. The number of aromatic nitrogens is 1. The van der Waals surface area contributed by atoms with Gasteiger partial charge in [-0.1, -0.05) is 68.0 Å². The molecule has 1 aromatic carbocycles. The molecule has 0 aliphatic rings. The first kappa shape index (κ1) is 28.1. The van der Waals surface area contributed by atoms with Gasteiger partial charge < -0.3 is 26.7 Å². The maximum absolute atomic E-state index is 13.2. The van der Waals surface area contributed by atoms with Crippen LogP contribution in [0, 0.1) is 11.8 Å². The molecule has 188 valence electrons. The quantitative estimate of drug-likeness (QED) is 0.101. The number of carbonyl (C=O) groups excluding carboxylic acids is 3. The number of hydrogen-bond acceptors (Lipinski definition) is 4. The predicted octanol–water partition coefficient (Wildman–Crippen LogP) is 3.00. The van der Waals surface area contributed by atoms with Crippen LogP contribution in [0.1, 0.15) is 52.0 Å². The average molecular weight is 584 g/mol. The van der Waals surface area contributed by atoms with Crippen molar-refractivity contribution in [3.05, 3.63) is 36.0 Å². The highest BCUT2D eigenvalue weighted by atomic mass is 127. The number of aromatic amines is 1. The van der Waals surface area contributed by atoms with Crippen LogP contribution in [0.3, 0.4) is 0 Å². The normalized spacial score (nSPS) is 14.7. The summed E-state index contributed by atoms with van der Waals surface area (Å²) in [6, 6.07) is 6.61. The van der Waals surface area contributed by atoms with Crippen molar-refractivity contribution in [3.8, 4) is 0 Å². The summed E-state index contributed by atoms with van der Waals surface area (Å²) in [7, 11) is 0. The van der Waals surface area contributed by atoms with E-state index >= 15 is 0 Å². The van der Waals surface area contributed by atoms with Crippen LogP contribution >= 0.6 is 22.6 Å². The topological polar surface area (TPSA) is 129 Å². The van der Waals surface area contributed by atoms with Crippen molar-refractivity contribution in [2.75, 3.05) is 11.1 Å². The fraction of sp³-hybridized carbons (Fsp3) is 0.560. The summed E-state index contributed by atoms with van der Waals surface area (Å²) in [5, 5.41) is 9.70. The molecule has 1 aromatic heterocycles. The minimum Gasteiger partial charge on any atom is -0.361 e. The molecule has 0 aliphatic carbocycles. The van der Waals surface area contributed by atoms with E-state index < -0.39 is 12.1 Å². The predicted molar refractivity (Wildman–Crippen MR) is 144 cm³/mol. The number of para-hydroxylation sites is 1. The number of benzene rings is 1. The Bertz CT molecular complexity index is 948. The van der Waals surface area contributed by atoms with E-state index in [1.165, 1.54) is 0 Å². The van der Waals surface area contributed by atoms with E-state index in [1.807, 2.05) is 51.2 Å². The number of rotatable bonds is 14. The highest BCUT2D eigenvalue weighted by molar-refractivity contribution is 14.1. The van der Waals surface area contributed by atoms with Crippen LogP contribution in [0.2, 0.25) is 0 Å². The van der Waals surface area contributed by atoms with E-state index in [-0.39, 0.29) is 29.6 Å². The molecule has 2 rings (SSSR count). The van der Waals surface area contributed by atoms with Gasteiger partial charge in [0, 0.05) is 23.0 Å². The Balaban J connectivity index is 2.09. The highest BCUT2D eigenvalue weighted by Gasteiger charge is 2.30. The van der Waals surface area contributed by atoms with E-state index in [0.717, 1.165) is 29.3 Å². The fourth-order valence-corrected chi connectivity index (χ4v) is 4.31. The Hall–Kier alpha value is -2.14. The van der Waals surface area contributed by atoms with Gasteiger partial charge in [0.15, 0.2) is 0 Å². The zero-order valence-corrected chi connectivity index (χ0v) is 22.5. The standard InChI is InChI=1S/C25H38IN5O3/c1-4-16(2)22(25(34)29-15-26)31-24(33)21(11-7-8-12-27)30-23(32)17(3)13-18-14-28-20-10-6-5-9-19(18)20/h5-6,9-10,14,16-17,21-22,28H,4,7-8,11-13,15,27H2,1-3H3,(H,29,34)(H,30,32)(H,31,33)/t16-,17+,21-,22-/m0/s1. The summed E-state index contributed by atoms with van der Waals surface area (Å²) in [5.74, 6) is -1.09. The van der Waals surface area contributed by atoms with Crippen molar-refractivity contribution in [2.24, 2.45) is 17.6 Å². The van der Waals surface area contributed by atoms with Gasteiger partial charge in [-0.3, -0.25) is 14.4 Å². The number of H-pyrrole nitrogens is 1. The molecular weight excluding hydrogens is 545 g/mol. The van der Waals surface area contributed by atoms with Crippen LogP contribution in [0.5, 0.6) is 0 Å². The van der Waals surface area contributed by atoms with Crippen LogP contribution in [0.25, 0.3) is 10.9 Å². The minimum atomic E-state index is -0.719. The van der Waals surface area contributed by atoms with Gasteiger partial charge in [0.2, 0.25) is 17.7 Å². The molecule has 8 nitrogen and oxygen atoms in total. The molecule has 1 heterocycles. The van der Waals surface area contributed by atoms with E-state index in [9.17, 15) is 14.4 Å². The second-order valence-electron chi connectivity index (χ2n) is 8.86. The number of halogens is 1. The van der Waals surface area contributed by atoms with E-state index in [0.29, 0.717) is 30.4 Å². The smallest absolute Gasteiger partial charge is 0.243 e. The van der Waals surface area contributed by atoms with Crippen LogP contribution in [-0.2, 0) is 20.8 Å². The van der Waals surface area contributed by atoms with E-state index in [4.69, 9.17) is 5.73 Å². The molecule has 2 aromatic rings. The Morgan fingerprint density at radius 3 is 2.47 bits per heavy atom. The molecule has 0 unspecified atom stereocenters. The summed E-state index contributed by atoms with van der Waals surface area (Å²) in [6.45, 7) is 6.30. The fourth-order valence-electron chi connectivity index (χ4n) is 3.93. The molecule has 0 saturated heterocycles. The Morgan fingerprint density at radius 2 is 1.79 bits per heavy atom. The lowest BCUT2D eigenvalue weighted by Gasteiger charge is -2.27. The molecule has 9 heteroatoms.